The minimum Gasteiger partial charge on any atom is -0.463 e. The van der Waals surface area contributed by atoms with E-state index in [1.165, 1.54) is 34.8 Å². The Hall–Kier alpha value is -2.20. The van der Waals surface area contributed by atoms with Gasteiger partial charge in [0.2, 0.25) is 12.2 Å². The van der Waals surface area contributed by atoms with Crippen LogP contribution in [0.25, 0.3) is 0 Å². The Balaban J connectivity index is 3.16. The molecular weight excluding hydrogens is 338 g/mol. The van der Waals surface area contributed by atoms with Gasteiger partial charge in [-0.2, -0.15) is 0 Å². The summed E-state index contributed by atoms with van der Waals surface area (Å²) in [6.45, 7) is 4.61. The molecule has 10 nitrogen and oxygen atoms in total. The highest BCUT2D eigenvalue weighted by molar-refractivity contribution is 5.74. The summed E-state index contributed by atoms with van der Waals surface area (Å²) >= 11 is 0. The molecule has 1 rings (SSSR count). The first kappa shape index (κ1) is 20.8. The maximum absolute atomic E-state index is 11.5. The standard InChI is InChI=1S/C15H23NO9/c1-7(17)16-12-14(23-9(3)19)13(21-5)11(6-22-8(2)18)25-15(12)24-10(4)20/h11-15H,6H2,1-5H3,(H,16,17)/t11-,12-,13+,14-,15+/m1/s1. The molecule has 142 valence electrons. The van der Waals surface area contributed by atoms with Crippen LogP contribution in [0.1, 0.15) is 27.7 Å². The van der Waals surface area contributed by atoms with Gasteiger partial charge in [-0.3, -0.25) is 19.2 Å². The first-order chi connectivity index (χ1) is 11.6. The second-order valence-corrected chi connectivity index (χ2v) is 5.46. The van der Waals surface area contributed by atoms with Crippen LogP contribution < -0.4 is 5.32 Å². The highest BCUT2D eigenvalue weighted by atomic mass is 16.7. The number of nitrogens with one attached hydrogen (secondary N) is 1. The van der Waals surface area contributed by atoms with E-state index in [0.717, 1.165) is 0 Å². The van der Waals surface area contributed by atoms with Gasteiger partial charge < -0.3 is 29.0 Å². The van der Waals surface area contributed by atoms with Crippen LogP contribution in [0.5, 0.6) is 0 Å². The van der Waals surface area contributed by atoms with Gasteiger partial charge in [0.15, 0.2) is 6.10 Å². The van der Waals surface area contributed by atoms with Crippen molar-refractivity contribution in [1.29, 1.82) is 0 Å². The third-order valence-electron chi connectivity index (χ3n) is 3.32. The molecule has 1 aliphatic heterocycles. The predicted octanol–water partition coefficient (Wildman–Crippen LogP) is -0.711. The van der Waals surface area contributed by atoms with Crippen LogP contribution in [0.15, 0.2) is 0 Å². The number of amides is 1. The Kier molecular flexibility index (Phi) is 7.78. The number of rotatable bonds is 6. The van der Waals surface area contributed by atoms with E-state index in [1.54, 1.807) is 0 Å². The average molecular weight is 361 g/mol. The Bertz CT molecular complexity index is 521. The van der Waals surface area contributed by atoms with E-state index in [2.05, 4.69) is 5.32 Å². The predicted molar refractivity (Wildman–Crippen MR) is 81.0 cm³/mol. The number of hydrogen-bond donors (Lipinski definition) is 1. The second-order valence-electron chi connectivity index (χ2n) is 5.46. The fraction of sp³-hybridized carbons (Fsp3) is 0.733. The van der Waals surface area contributed by atoms with Gasteiger partial charge in [0, 0.05) is 34.8 Å². The number of hydrogen-bond acceptors (Lipinski definition) is 9. The third kappa shape index (κ3) is 6.31. The Morgan fingerprint density at radius 1 is 0.920 bits per heavy atom. The quantitative estimate of drug-likeness (QED) is 0.482. The van der Waals surface area contributed by atoms with Crippen molar-refractivity contribution in [3.8, 4) is 0 Å². The summed E-state index contributed by atoms with van der Waals surface area (Å²) < 4.78 is 26.2. The third-order valence-corrected chi connectivity index (χ3v) is 3.32. The fourth-order valence-electron chi connectivity index (χ4n) is 2.51. The lowest BCUT2D eigenvalue weighted by molar-refractivity contribution is -0.271. The van der Waals surface area contributed by atoms with Gasteiger partial charge in [-0.05, 0) is 0 Å². The van der Waals surface area contributed by atoms with Crippen LogP contribution in [0.2, 0.25) is 0 Å². The van der Waals surface area contributed by atoms with Gasteiger partial charge in [-0.1, -0.05) is 0 Å². The van der Waals surface area contributed by atoms with E-state index in [1.807, 2.05) is 0 Å². The molecule has 1 fully saturated rings. The molecule has 0 bridgehead atoms. The zero-order chi connectivity index (χ0) is 19.1. The van der Waals surface area contributed by atoms with Crippen LogP contribution in [-0.4, -0.2) is 68.2 Å². The zero-order valence-corrected chi connectivity index (χ0v) is 14.8. The van der Waals surface area contributed by atoms with Crippen molar-refractivity contribution in [2.24, 2.45) is 0 Å². The Morgan fingerprint density at radius 3 is 1.96 bits per heavy atom. The molecule has 1 saturated heterocycles. The van der Waals surface area contributed by atoms with Crippen molar-refractivity contribution in [2.75, 3.05) is 13.7 Å². The van der Waals surface area contributed by atoms with Gasteiger partial charge in [0.05, 0.1) is 0 Å². The lowest BCUT2D eigenvalue weighted by Gasteiger charge is -2.44. The monoisotopic (exact) mass is 361 g/mol. The van der Waals surface area contributed by atoms with Crippen molar-refractivity contribution in [2.45, 2.75) is 58.3 Å². The summed E-state index contributed by atoms with van der Waals surface area (Å²) in [7, 11) is 1.35. The van der Waals surface area contributed by atoms with E-state index >= 15 is 0 Å². The summed E-state index contributed by atoms with van der Waals surface area (Å²) in [5, 5.41) is 2.54. The molecule has 0 aromatic rings. The second kappa shape index (κ2) is 9.33. The van der Waals surface area contributed by atoms with E-state index in [0.29, 0.717) is 0 Å². The lowest BCUT2D eigenvalue weighted by atomic mass is 9.96. The van der Waals surface area contributed by atoms with E-state index < -0.39 is 54.5 Å². The van der Waals surface area contributed by atoms with Crippen LogP contribution in [-0.2, 0) is 42.9 Å². The van der Waals surface area contributed by atoms with Crippen LogP contribution in [0, 0.1) is 0 Å². The number of carbonyl (C=O) groups excluding carboxylic acids is 4. The molecule has 0 aliphatic carbocycles. The SMILES string of the molecule is CO[C@@H]1[C@H](OC(C)=O)[C@@H](NC(C)=O)[C@@H](OC(C)=O)O[C@@H]1COC(C)=O. The Morgan fingerprint density at radius 2 is 1.52 bits per heavy atom. The minimum absolute atomic E-state index is 0.212. The normalized spacial score (nSPS) is 28.6. The topological polar surface area (TPSA) is 126 Å². The maximum Gasteiger partial charge on any atom is 0.305 e. The molecule has 0 saturated carbocycles. The zero-order valence-electron chi connectivity index (χ0n) is 14.8. The van der Waals surface area contributed by atoms with E-state index in [-0.39, 0.29) is 6.61 Å². The van der Waals surface area contributed by atoms with Crippen molar-refractivity contribution in [3.63, 3.8) is 0 Å². The molecule has 1 N–H and O–H groups in total. The summed E-state index contributed by atoms with van der Waals surface area (Å²) in [6, 6.07) is -0.996. The first-order valence-corrected chi connectivity index (χ1v) is 7.58. The van der Waals surface area contributed by atoms with E-state index in [4.69, 9.17) is 23.7 Å². The summed E-state index contributed by atoms with van der Waals surface area (Å²) in [5.41, 5.74) is 0. The van der Waals surface area contributed by atoms with Crippen LogP contribution >= 0.6 is 0 Å². The van der Waals surface area contributed by atoms with Gasteiger partial charge in [-0.15, -0.1) is 0 Å². The molecule has 1 heterocycles. The number of methoxy groups -OCH3 is 1. The highest BCUT2D eigenvalue weighted by Gasteiger charge is 2.50. The van der Waals surface area contributed by atoms with Gasteiger partial charge in [-0.25, -0.2) is 0 Å². The molecule has 1 aliphatic rings. The highest BCUT2D eigenvalue weighted by Crippen LogP contribution is 2.27. The molecule has 0 spiro atoms. The Labute approximate surface area is 145 Å². The van der Waals surface area contributed by atoms with Crippen molar-refractivity contribution in [3.05, 3.63) is 0 Å². The van der Waals surface area contributed by atoms with Crippen molar-refractivity contribution in [1.82, 2.24) is 5.32 Å². The number of carbonyl (C=O) groups is 4. The van der Waals surface area contributed by atoms with Crippen LogP contribution in [0.3, 0.4) is 0 Å². The maximum atomic E-state index is 11.5. The molecule has 0 aromatic carbocycles. The van der Waals surface area contributed by atoms with Crippen LogP contribution in [0.4, 0.5) is 0 Å². The van der Waals surface area contributed by atoms with Crippen molar-refractivity contribution < 1.29 is 42.9 Å². The molecule has 10 heteroatoms. The largest absolute Gasteiger partial charge is 0.463 e. The first-order valence-electron chi connectivity index (χ1n) is 7.58. The van der Waals surface area contributed by atoms with Gasteiger partial charge >= 0.3 is 17.9 Å². The molecule has 0 unspecified atom stereocenters. The summed E-state index contributed by atoms with van der Waals surface area (Å²) in [5.74, 6) is -2.28. The van der Waals surface area contributed by atoms with Gasteiger partial charge in [0.1, 0.15) is 24.9 Å². The fourth-order valence-corrected chi connectivity index (χ4v) is 2.51. The van der Waals surface area contributed by atoms with Gasteiger partial charge in [0.25, 0.3) is 0 Å². The molecule has 1 amide bonds. The van der Waals surface area contributed by atoms with Crippen molar-refractivity contribution >= 4 is 23.8 Å². The molecular formula is C15H23NO9. The summed E-state index contributed by atoms with van der Waals surface area (Å²) in [6.07, 6.45) is -4.03. The molecule has 0 radical (unpaired) electrons. The molecule has 25 heavy (non-hydrogen) atoms. The lowest BCUT2D eigenvalue weighted by Crippen LogP contribution is -2.66. The molecule has 0 aromatic heterocycles. The van der Waals surface area contributed by atoms with E-state index in [9.17, 15) is 19.2 Å². The average Bonchev–Trinajstić information content (AvgIpc) is 2.47. The minimum atomic E-state index is -1.25. The molecule has 5 atom stereocenters. The smallest absolute Gasteiger partial charge is 0.305 e. The summed E-state index contributed by atoms with van der Waals surface area (Å²) in [4.78, 5) is 45.4. The number of ether oxygens (including phenoxy) is 5. The number of esters is 3.